The van der Waals surface area contributed by atoms with Crippen LogP contribution in [0.4, 0.5) is 0 Å². The lowest BCUT2D eigenvalue weighted by molar-refractivity contribution is 0.0691. The van der Waals surface area contributed by atoms with E-state index in [0.29, 0.717) is 5.13 Å². The molecule has 5 nitrogen and oxygen atoms in total. The summed E-state index contributed by atoms with van der Waals surface area (Å²) in [6.07, 6.45) is 1.84. The van der Waals surface area contributed by atoms with Crippen molar-refractivity contribution in [3.05, 3.63) is 77.3 Å². The maximum Gasteiger partial charge on any atom is 0.355 e. The van der Waals surface area contributed by atoms with E-state index in [1.807, 2.05) is 60.7 Å². The van der Waals surface area contributed by atoms with Gasteiger partial charge in [0, 0.05) is 22.1 Å². The number of hydrogen-bond donors (Lipinski definition) is 1. The summed E-state index contributed by atoms with van der Waals surface area (Å²) in [4.78, 5) is 15.6. The predicted octanol–water partition coefficient (Wildman–Crippen LogP) is 5.31. The summed E-state index contributed by atoms with van der Waals surface area (Å²) in [5, 5.41) is 16.3. The number of hydrogen-bond acceptors (Lipinski definition) is 4. The van der Waals surface area contributed by atoms with Gasteiger partial charge in [0.05, 0.1) is 11.4 Å². The van der Waals surface area contributed by atoms with Crippen LogP contribution in [-0.2, 0) is 6.42 Å². The molecule has 0 amide bonds. The molecule has 0 saturated carbocycles. The van der Waals surface area contributed by atoms with E-state index >= 15 is 0 Å². The molecule has 140 valence electrons. The number of nitrogens with zero attached hydrogens (tertiary/aromatic N) is 3. The van der Waals surface area contributed by atoms with Gasteiger partial charge >= 0.3 is 5.97 Å². The number of benzene rings is 2. The minimum atomic E-state index is -1.03. The molecule has 2 aromatic carbocycles. The van der Waals surface area contributed by atoms with Crippen LogP contribution in [0.1, 0.15) is 29.4 Å². The summed E-state index contributed by atoms with van der Waals surface area (Å²) < 4.78 is 1.79. The third kappa shape index (κ3) is 3.34. The number of carboxylic acid groups (broad SMARTS) is 1. The average Bonchev–Trinajstić information content (AvgIpc) is 3.35. The van der Waals surface area contributed by atoms with E-state index in [1.54, 1.807) is 10.1 Å². The Kier molecular flexibility index (Phi) is 5.04. The van der Waals surface area contributed by atoms with Crippen LogP contribution in [0.3, 0.4) is 0 Å². The molecule has 0 bridgehead atoms. The lowest BCUT2D eigenvalue weighted by atomic mass is 9.98. The van der Waals surface area contributed by atoms with E-state index in [0.717, 1.165) is 40.9 Å². The zero-order valence-electron chi connectivity index (χ0n) is 15.4. The molecule has 1 N–H and O–H groups in total. The summed E-state index contributed by atoms with van der Waals surface area (Å²) in [6, 6.07) is 20.1. The van der Waals surface area contributed by atoms with Crippen LogP contribution >= 0.6 is 11.3 Å². The van der Waals surface area contributed by atoms with Gasteiger partial charge in [-0.05, 0) is 6.42 Å². The van der Waals surface area contributed by atoms with Crippen molar-refractivity contribution in [1.29, 1.82) is 0 Å². The number of aromatic nitrogens is 3. The van der Waals surface area contributed by atoms with Crippen molar-refractivity contribution < 1.29 is 9.90 Å². The Morgan fingerprint density at radius 1 is 1.04 bits per heavy atom. The second-order valence-electron chi connectivity index (χ2n) is 6.39. The van der Waals surface area contributed by atoms with Crippen molar-refractivity contribution >= 4 is 17.3 Å². The van der Waals surface area contributed by atoms with Gasteiger partial charge in [0.2, 0.25) is 5.13 Å². The zero-order valence-corrected chi connectivity index (χ0v) is 16.2. The third-order valence-corrected chi connectivity index (χ3v) is 5.29. The lowest BCUT2D eigenvalue weighted by Gasteiger charge is -2.08. The monoisotopic (exact) mass is 389 g/mol. The van der Waals surface area contributed by atoms with Gasteiger partial charge in [-0.25, -0.2) is 14.5 Å². The predicted molar refractivity (Wildman–Crippen MR) is 111 cm³/mol. The molecule has 2 heterocycles. The molecule has 0 saturated heterocycles. The van der Waals surface area contributed by atoms with E-state index in [-0.39, 0.29) is 5.69 Å². The number of aromatic carboxylic acids is 1. The molecule has 4 aromatic rings. The largest absolute Gasteiger partial charge is 0.476 e. The van der Waals surface area contributed by atoms with Crippen molar-refractivity contribution in [1.82, 2.24) is 14.8 Å². The number of rotatable bonds is 6. The Hall–Kier alpha value is -3.25. The van der Waals surface area contributed by atoms with Crippen LogP contribution in [-0.4, -0.2) is 25.8 Å². The molecular formula is C22H19N3O2S. The van der Waals surface area contributed by atoms with Crippen LogP contribution in [0.5, 0.6) is 0 Å². The Balaban J connectivity index is 1.99. The SMILES string of the molecule is CCCc1c(-c2ccccc2)nn(-c2nc(C(=O)O)cs2)c1-c1ccccc1. The minimum absolute atomic E-state index is 0.0350. The summed E-state index contributed by atoms with van der Waals surface area (Å²) in [5.41, 5.74) is 5.13. The van der Waals surface area contributed by atoms with Gasteiger partial charge in [-0.3, -0.25) is 0 Å². The molecule has 28 heavy (non-hydrogen) atoms. The summed E-state index contributed by atoms with van der Waals surface area (Å²) in [5.74, 6) is -1.03. The maximum absolute atomic E-state index is 11.3. The van der Waals surface area contributed by atoms with Gasteiger partial charge in [0.25, 0.3) is 0 Å². The first kappa shape index (κ1) is 18.1. The quantitative estimate of drug-likeness (QED) is 0.485. The van der Waals surface area contributed by atoms with E-state index in [9.17, 15) is 9.90 Å². The number of carboxylic acids is 1. The van der Waals surface area contributed by atoms with Crippen molar-refractivity contribution in [3.8, 4) is 27.6 Å². The smallest absolute Gasteiger partial charge is 0.355 e. The molecule has 2 aromatic heterocycles. The van der Waals surface area contributed by atoms with E-state index in [2.05, 4.69) is 11.9 Å². The van der Waals surface area contributed by atoms with Crippen molar-refractivity contribution in [2.45, 2.75) is 19.8 Å². The summed E-state index contributed by atoms with van der Waals surface area (Å²) >= 11 is 1.28. The molecule has 0 aliphatic heterocycles. The molecular weight excluding hydrogens is 370 g/mol. The Morgan fingerprint density at radius 2 is 1.68 bits per heavy atom. The van der Waals surface area contributed by atoms with Crippen LogP contribution in [0, 0.1) is 0 Å². The van der Waals surface area contributed by atoms with Crippen LogP contribution in [0.25, 0.3) is 27.6 Å². The van der Waals surface area contributed by atoms with Crippen molar-refractivity contribution in [3.63, 3.8) is 0 Å². The second-order valence-corrected chi connectivity index (χ2v) is 7.23. The van der Waals surface area contributed by atoms with Gasteiger partial charge in [-0.2, -0.15) is 5.10 Å². The topological polar surface area (TPSA) is 68.0 Å². The van der Waals surface area contributed by atoms with Gasteiger partial charge in [-0.1, -0.05) is 74.0 Å². The fraction of sp³-hybridized carbons (Fsp3) is 0.136. The number of thiazole rings is 1. The van der Waals surface area contributed by atoms with Gasteiger partial charge < -0.3 is 5.11 Å². The van der Waals surface area contributed by atoms with Gasteiger partial charge in [0.15, 0.2) is 5.69 Å². The van der Waals surface area contributed by atoms with E-state index in [1.165, 1.54) is 11.3 Å². The first-order valence-corrected chi connectivity index (χ1v) is 9.99. The highest BCUT2D eigenvalue weighted by Gasteiger charge is 2.23. The second kappa shape index (κ2) is 7.78. The lowest BCUT2D eigenvalue weighted by Crippen LogP contribution is -2.02. The molecule has 0 atom stereocenters. The fourth-order valence-corrected chi connectivity index (χ4v) is 4.01. The van der Waals surface area contributed by atoms with E-state index in [4.69, 9.17) is 5.10 Å². The van der Waals surface area contributed by atoms with Gasteiger partial charge in [0.1, 0.15) is 0 Å². The maximum atomic E-state index is 11.3. The highest BCUT2D eigenvalue weighted by Crippen LogP contribution is 2.35. The molecule has 6 heteroatoms. The molecule has 0 fully saturated rings. The molecule has 0 spiro atoms. The van der Waals surface area contributed by atoms with Crippen LogP contribution in [0.2, 0.25) is 0 Å². The van der Waals surface area contributed by atoms with E-state index < -0.39 is 5.97 Å². The van der Waals surface area contributed by atoms with Crippen molar-refractivity contribution in [2.24, 2.45) is 0 Å². The molecule has 0 unspecified atom stereocenters. The van der Waals surface area contributed by atoms with Gasteiger partial charge in [-0.15, -0.1) is 11.3 Å². The fourth-order valence-electron chi connectivity index (χ4n) is 3.26. The number of carbonyl (C=O) groups is 1. The molecule has 4 rings (SSSR count). The first-order valence-electron chi connectivity index (χ1n) is 9.11. The highest BCUT2D eigenvalue weighted by atomic mass is 32.1. The third-order valence-electron chi connectivity index (χ3n) is 4.47. The normalized spacial score (nSPS) is 10.9. The molecule has 0 aliphatic rings. The average molecular weight is 389 g/mol. The molecule has 0 radical (unpaired) electrons. The Bertz CT molecular complexity index is 1100. The van der Waals surface area contributed by atoms with Crippen molar-refractivity contribution in [2.75, 3.05) is 0 Å². The Morgan fingerprint density at radius 3 is 2.25 bits per heavy atom. The summed E-state index contributed by atoms with van der Waals surface area (Å²) in [6.45, 7) is 2.15. The first-order chi connectivity index (χ1) is 13.7. The van der Waals surface area contributed by atoms with Crippen LogP contribution in [0.15, 0.2) is 66.0 Å². The highest BCUT2D eigenvalue weighted by molar-refractivity contribution is 7.12. The summed E-state index contributed by atoms with van der Waals surface area (Å²) in [7, 11) is 0. The zero-order chi connectivity index (χ0) is 19.5. The molecule has 0 aliphatic carbocycles. The Labute approximate surface area is 166 Å². The van der Waals surface area contributed by atoms with Crippen LogP contribution < -0.4 is 0 Å². The standard InChI is InChI=1S/C22H19N3O2S/c1-2-9-17-19(15-10-5-3-6-11-15)24-25(20(17)16-12-7-4-8-13-16)22-23-18(14-28-22)21(26)27/h3-8,10-14H,2,9H2,1H3,(H,26,27). The minimum Gasteiger partial charge on any atom is -0.476 e.